The Morgan fingerprint density at radius 1 is 1.38 bits per heavy atom. The van der Waals surface area contributed by atoms with E-state index in [1.165, 1.54) is 0 Å². The summed E-state index contributed by atoms with van der Waals surface area (Å²) in [7, 11) is 0. The molecule has 2 fully saturated rings. The fraction of sp³-hybridized carbons (Fsp3) is 0.933. The van der Waals surface area contributed by atoms with Crippen molar-refractivity contribution in [2.24, 2.45) is 10.4 Å². The largest absolute Gasteiger partial charge is 0.411 e. The summed E-state index contributed by atoms with van der Waals surface area (Å²) in [6, 6.07) is 0. The molecule has 0 radical (unpaired) electrons. The predicted octanol–water partition coefficient (Wildman–Crippen LogP) is 2.65. The lowest BCUT2D eigenvalue weighted by Crippen LogP contribution is -2.41. The van der Waals surface area contributed by atoms with Gasteiger partial charge in [-0.3, -0.25) is 4.99 Å². The van der Waals surface area contributed by atoms with Gasteiger partial charge in [-0.05, 0) is 26.2 Å². The van der Waals surface area contributed by atoms with E-state index in [4.69, 9.17) is 4.74 Å². The van der Waals surface area contributed by atoms with Gasteiger partial charge >= 0.3 is 6.18 Å². The summed E-state index contributed by atoms with van der Waals surface area (Å²) in [6.07, 6.45) is -1.58. The quantitative estimate of drug-likeness (QED) is 0.284. The highest BCUT2D eigenvalue weighted by molar-refractivity contribution is 14.0. The monoisotopic (exact) mass is 465 g/mol. The molecule has 0 aromatic carbocycles. The molecule has 5 nitrogen and oxygen atoms in total. The average molecular weight is 465 g/mol. The minimum absolute atomic E-state index is 0. The van der Waals surface area contributed by atoms with Crippen LogP contribution in [0.4, 0.5) is 13.2 Å². The number of hydrogen-bond donors (Lipinski definition) is 1. The Morgan fingerprint density at radius 2 is 2.17 bits per heavy atom. The molecule has 9 heteroatoms. The zero-order valence-corrected chi connectivity index (χ0v) is 16.4. The Labute approximate surface area is 158 Å². The number of rotatable bonds is 6. The van der Waals surface area contributed by atoms with Crippen molar-refractivity contribution in [1.29, 1.82) is 0 Å². The highest BCUT2D eigenvalue weighted by Crippen LogP contribution is 2.38. The molecule has 24 heavy (non-hydrogen) atoms. The number of alkyl halides is 3. The van der Waals surface area contributed by atoms with Crippen molar-refractivity contribution in [3.63, 3.8) is 0 Å². The third kappa shape index (κ3) is 6.91. The standard InChI is InChI=1S/C15H26F3N3O2.HI/c1-2-19-13(20-6-3-8-22-12-15(16,17)18)21-7-4-14(10-21)5-9-23-11-14;/h2-12H2,1H3,(H,19,20);1H. The molecule has 0 aromatic rings. The van der Waals surface area contributed by atoms with Gasteiger partial charge in [0.1, 0.15) is 6.61 Å². The second kappa shape index (κ2) is 10.0. The van der Waals surface area contributed by atoms with Crippen molar-refractivity contribution in [1.82, 2.24) is 10.2 Å². The molecule has 2 heterocycles. The number of nitrogens with zero attached hydrogens (tertiary/aromatic N) is 2. The lowest BCUT2D eigenvalue weighted by Gasteiger charge is -2.25. The van der Waals surface area contributed by atoms with Gasteiger partial charge in [0, 0.05) is 44.8 Å². The lowest BCUT2D eigenvalue weighted by atomic mass is 9.87. The van der Waals surface area contributed by atoms with Gasteiger partial charge in [-0.25, -0.2) is 0 Å². The van der Waals surface area contributed by atoms with Gasteiger partial charge in [-0.1, -0.05) is 0 Å². The number of aliphatic imine (C=N–C) groups is 1. The molecule has 2 aliphatic heterocycles. The third-order valence-electron chi connectivity index (χ3n) is 4.23. The number of ether oxygens (including phenoxy) is 2. The molecule has 2 rings (SSSR count). The van der Waals surface area contributed by atoms with Gasteiger partial charge in [-0.15, -0.1) is 24.0 Å². The molecule has 2 saturated heterocycles. The molecule has 1 N–H and O–H groups in total. The number of halogens is 4. The van der Waals surface area contributed by atoms with E-state index in [2.05, 4.69) is 19.9 Å². The first-order valence-corrected chi connectivity index (χ1v) is 8.20. The molecule has 0 bridgehead atoms. The fourth-order valence-electron chi connectivity index (χ4n) is 3.05. The van der Waals surface area contributed by atoms with E-state index in [0.29, 0.717) is 13.0 Å². The van der Waals surface area contributed by atoms with Gasteiger partial charge in [0.05, 0.1) is 6.61 Å². The van der Waals surface area contributed by atoms with E-state index in [9.17, 15) is 13.2 Å². The molecule has 0 aromatic heterocycles. The molecule has 2 aliphatic rings. The minimum atomic E-state index is -4.26. The Morgan fingerprint density at radius 3 is 2.79 bits per heavy atom. The number of nitrogens with one attached hydrogen (secondary N) is 1. The molecular formula is C15H27F3IN3O2. The van der Waals surface area contributed by atoms with Crippen LogP contribution in [-0.2, 0) is 9.47 Å². The molecule has 1 unspecified atom stereocenters. The zero-order valence-electron chi connectivity index (χ0n) is 14.0. The second-order valence-electron chi connectivity index (χ2n) is 6.23. The van der Waals surface area contributed by atoms with Crippen LogP contribution in [0.2, 0.25) is 0 Å². The number of likely N-dealkylation sites (tertiary alicyclic amines) is 1. The Kier molecular flexibility index (Phi) is 9.07. The predicted molar refractivity (Wildman–Crippen MR) is 96.9 cm³/mol. The SMILES string of the molecule is CCNC(=NCCCOCC(F)(F)F)N1CCC2(CCOC2)C1.I. The maximum Gasteiger partial charge on any atom is 0.411 e. The molecular weight excluding hydrogens is 438 g/mol. The van der Waals surface area contributed by atoms with Gasteiger partial charge in [-0.2, -0.15) is 13.2 Å². The van der Waals surface area contributed by atoms with Crippen LogP contribution in [0, 0.1) is 5.41 Å². The van der Waals surface area contributed by atoms with Crippen LogP contribution in [0.15, 0.2) is 4.99 Å². The van der Waals surface area contributed by atoms with E-state index in [-0.39, 0.29) is 36.0 Å². The van der Waals surface area contributed by atoms with Gasteiger partial charge < -0.3 is 19.7 Å². The topological polar surface area (TPSA) is 46.1 Å². The van der Waals surface area contributed by atoms with E-state index in [1.54, 1.807) is 0 Å². The van der Waals surface area contributed by atoms with Gasteiger partial charge in [0.15, 0.2) is 5.96 Å². The summed E-state index contributed by atoms with van der Waals surface area (Å²) in [5, 5.41) is 3.26. The summed E-state index contributed by atoms with van der Waals surface area (Å²) in [5.41, 5.74) is 0.256. The number of hydrogen-bond acceptors (Lipinski definition) is 3. The molecule has 1 spiro atoms. The van der Waals surface area contributed by atoms with Crippen LogP contribution in [0.5, 0.6) is 0 Å². The van der Waals surface area contributed by atoms with Crippen LogP contribution >= 0.6 is 24.0 Å². The first kappa shape index (κ1) is 21.8. The Balaban J connectivity index is 0.00000288. The molecule has 0 saturated carbocycles. The van der Waals surface area contributed by atoms with Crippen LogP contribution in [0.1, 0.15) is 26.2 Å². The fourth-order valence-corrected chi connectivity index (χ4v) is 3.05. The van der Waals surface area contributed by atoms with E-state index in [0.717, 1.165) is 51.6 Å². The van der Waals surface area contributed by atoms with Crippen LogP contribution in [0.25, 0.3) is 0 Å². The number of guanidine groups is 1. The van der Waals surface area contributed by atoms with Gasteiger partial charge in [0.25, 0.3) is 0 Å². The summed E-state index contributed by atoms with van der Waals surface area (Å²) in [5.74, 6) is 0.840. The van der Waals surface area contributed by atoms with Crippen LogP contribution in [0.3, 0.4) is 0 Å². The Hall–Kier alpha value is -0.290. The summed E-state index contributed by atoms with van der Waals surface area (Å²) in [6.45, 7) is 5.64. The summed E-state index contributed by atoms with van der Waals surface area (Å²) >= 11 is 0. The van der Waals surface area contributed by atoms with Crippen molar-refractivity contribution in [2.75, 3.05) is 52.6 Å². The highest BCUT2D eigenvalue weighted by atomic mass is 127. The molecule has 1 atom stereocenters. The maximum atomic E-state index is 12.0. The molecule has 0 aliphatic carbocycles. The van der Waals surface area contributed by atoms with Crippen molar-refractivity contribution in [3.8, 4) is 0 Å². The van der Waals surface area contributed by atoms with Crippen molar-refractivity contribution < 1.29 is 22.6 Å². The third-order valence-corrected chi connectivity index (χ3v) is 4.23. The Bertz CT molecular complexity index is 402. The molecule has 142 valence electrons. The van der Waals surface area contributed by atoms with Crippen molar-refractivity contribution in [2.45, 2.75) is 32.4 Å². The smallest absolute Gasteiger partial charge is 0.381 e. The lowest BCUT2D eigenvalue weighted by molar-refractivity contribution is -0.173. The maximum absolute atomic E-state index is 12.0. The highest BCUT2D eigenvalue weighted by Gasteiger charge is 2.42. The van der Waals surface area contributed by atoms with E-state index >= 15 is 0 Å². The van der Waals surface area contributed by atoms with Crippen molar-refractivity contribution >= 4 is 29.9 Å². The van der Waals surface area contributed by atoms with E-state index in [1.807, 2.05) is 6.92 Å². The van der Waals surface area contributed by atoms with Crippen LogP contribution < -0.4 is 5.32 Å². The second-order valence-corrected chi connectivity index (χ2v) is 6.23. The first-order chi connectivity index (χ1) is 10.9. The normalized spacial score (nSPS) is 24.5. The van der Waals surface area contributed by atoms with Gasteiger partial charge in [0.2, 0.25) is 0 Å². The first-order valence-electron chi connectivity index (χ1n) is 8.20. The summed E-state index contributed by atoms with van der Waals surface area (Å²) < 4.78 is 46.0. The average Bonchev–Trinajstić information content (AvgIpc) is 3.11. The summed E-state index contributed by atoms with van der Waals surface area (Å²) in [4.78, 5) is 6.74. The minimum Gasteiger partial charge on any atom is -0.381 e. The zero-order chi connectivity index (χ0) is 16.8. The van der Waals surface area contributed by atoms with Crippen molar-refractivity contribution in [3.05, 3.63) is 0 Å². The molecule has 0 amide bonds. The van der Waals surface area contributed by atoms with Crippen LogP contribution in [-0.4, -0.2) is 69.6 Å². The van der Waals surface area contributed by atoms with E-state index < -0.39 is 12.8 Å².